The summed E-state index contributed by atoms with van der Waals surface area (Å²) in [5.41, 5.74) is 6.48. The van der Waals surface area contributed by atoms with Crippen LogP contribution in [0.4, 0.5) is 5.69 Å². The molecule has 0 saturated carbocycles. The van der Waals surface area contributed by atoms with Gasteiger partial charge in [-0.25, -0.2) is 0 Å². The predicted octanol–water partition coefficient (Wildman–Crippen LogP) is 6.88. The maximum atomic E-state index is 6.15. The van der Waals surface area contributed by atoms with E-state index >= 15 is 0 Å². The molecule has 0 bridgehead atoms. The summed E-state index contributed by atoms with van der Waals surface area (Å²) in [6, 6.07) is 13.2. The third-order valence-corrected chi connectivity index (χ3v) is 4.80. The molecule has 2 rings (SSSR count). The molecule has 1 unspecified atom stereocenters. The summed E-state index contributed by atoms with van der Waals surface area (Å²) in [4.78, 5) is 2.42. The van der Waals surface area contributed by atoms with Gasteiger partial charge in [0, 0.05) is 17.3 Å². The van der Waals surface area contributed by atoms with Crippen LogP contribution in [0.25, 0.3) is 0 Å². The minimum absolute atomic E-state index is 0.343. The van der Waals surface area contributed by atoms with Crippen molar-refractivity contribution < 1.29 is 0 Å². The Morgan fingerprint density at radius 2 is 1.65 bits per heavy atom. The van der Waals surface area contributed by atoms with Crippen LogP contribution in [-0.2, 0) is 0 Å². The van der Waals surface area contributed by atoms with Gasteiger partial charge in [0.1, 0.15) is 0 Å². The van der Waals surface area contributed by atoms with Crippen molar-refractivity contribution in [2.45, 2.75) is 54.5 Å². The number of benzene rings is 2. The third-order valence-electron chi connectivity index (χ3n) is 4.38. The highest BCUT2D eigenvalue weighted by Crippen LogP contribution is 2.31. The van der Waals surface area contributed by atoms with Gasteiger partial charge in [-0.3, -0.25) is 0 Å². The second-order valence-corrected chi connectivity index (χ2v) is 6.09. The van der Waals surface area contributed by atoms with Crippen molar-refractivity contribution in [3.8, 4) is 0 Å². The Hall–Kier alpha value is -1.47. The Kier molecular flexibility index (Phi) is 7.64. The lowest BCUT2D eigenvalue weighted by Crippen LogP contribution is -2.27. The van der Waals surface area contributed by atoms with Crippen molar-refractivity contribution in [3.63, 3.8) is 0 Å². The molecule has 2 heteroatoms. The van der Waals surface area contributed by atoms with Crippen LogP contribution in [0.2, 0.25) is 5.02 Å². The van der Waals surface area contributed by atoms with Crippen molar-refractivity contribution in [3.05, 3.63) is 63.7 Å². The van der Waals surface area contributed by atoms with Crippen LogP contribution in [0.15, 0.2) is 36.4 Å². The van der Waals surface area contributed by atoms with Gasteiger partial charge in [-0.15, -0.1) is 0 Å². The number of aryl methyl sites for hydroxylation is 2. The van der Waals surface area contributed by atoms with E-state index in [1.807, 2.05) is 19.9 Å². The van der Waals surface area contributed by atoms with Crippen molar-refractivity contribution in [2.75, 3.05) is 11.4 Å². The van der Waals surface area contributed by atoms with Gasteiger partial charge in [-0.05, 0) is 75.1 Å². The SMILES string of the molecule is CC.CCN(c1ccc(Cl)c(C)c1)C(C)c1cccc(C)c1C. The first-order valence-electron chi connectivity index (χ1n) is 8.54. The fourth-order valence-electron chi connectivity index (χ4n) is 2.88. The van der Waals surface area contributed by atoms with E-state index in [1.165, 1.54) is 22.4 Å². The molecule has 0 fully saturated rings. The molecule has 0 aliphatic heterocycles. The lowest BCUT2D eigenvalue weighted by Gasteiger charge is -2.32. The molecule has 1 atom stereocenters. The summed E-state index contributed by atoms with van der Waals surface area (Å²) in [6.07, 6.45) is 0. The van der Waals surface area contributed by atoms with Gasteiger partial charge < -0.3 is 4.90 Å². The molecule has 1 nitrogen and oxygen atoms in total. The Morgan fingerprint density at radius 3 is 2.22 bits per heavy atom. The van der Waals surface area contributed by atoms with E-state index < -0.39 is 0 Å². The van der Waals surface area contributed by atoms with Gasteiger partial charge in [0.2, 0.25) is 0 Å². The monoisotopic (exact) mass is 331 g/mol. The highest BCUT2D eigenvalue weighted by atomic mass is 35.5. The number of anilines is 1. The minimum atomic E-state index is 0.343. The molecule has 0 heterocycles. The summed E-state index contributed by atoms with van der Waals surface area (Å²) in [5.74, 6) is 0. The van der Waals surface area contributed by atoms with E-state index in [1.54, 1.807) is 0 Å². The first-order valence-corrected chi connectivity index (χ1v) is 8.92. The zero-order valence-corrected chi connectivity index (χ0v) is 16.3. The molecule has 0 aromatic heterocycles. The zero-order valence-electron chi connectivity index (χ0n) is 15.6. The summed E-state index contributed by atoms with van der Waals surface area (Å²) < 4.78 is 0. The number of hydrogen-bond acceptors (Lipinski definition) is 1. The quantitative estimate of drug-likeness (QED) is 0.590. The molecule has 126 valence electrons. The molecule has 2 aromatic carbocycles. The molecule has 0 saturated heterocycles. The van der Waals surface area contributed by atoms with Gasteiger partial charge in [0.05, 0.1) is 6.04 Å². The number of nitrogens with zero attached hydrogens (tertiary/aromatic N) is 1. The average Bonchev–Trinajstić information content (AvgIpc) is 2.56. The van der Waals surface area contributed by atoms with Crippen molar-refractivity contribution in [1.82, 2.24) is 0 Å². The van der Waals surface area contributed by atoms with Crippen molar-refractivity contribution in [1.29, 1.82) is 0 Å². The van der Waals surface area contributed by atoms with Gasteiger partial charge >= 0.3 is 0 Å². The number of rotatable bonds is 4. The average molecular weight is 332 g/mol. The fourth-order valence-corrected chi connectivity index (χ4v) is 3.00. The maximum Gasteiger partial charge on any atom is 0.0516 e. The van der Waals surface area contributed by atoms with Gasteiger partial charge in [0.25, 0.3) is 0 Å². The molecular weight excluding hydrogens is 302 g/mol. The van der Waals surface area contributed by atoms with E-state index in [2.05, 4.69) is 69.9 Å². The van der Waals surface area contributed by atoms with E-state index in [9.17, 15) is 0 Å². The fraction of sp³-hybridized carbons (Fsp3) is 0.429. The molecule has 0 radical (unpaired) electrons. The second kappa shape index (κ2) is 8.98. The highest BCUT2D eigenvalue weighted by molar-refractivity contribution is 6.31. The maximum absolute atomic E-state index is 6.15. The molecule has 2 aromatic rings. The molecule has 0 spiro atoms. The van der Waals surface area contributed by atoms with Crippen LogP contribution in [0.5, 0.6) is 0 Å². The largest absolute Gasteiger partial charge is 0.365 e. The molecule has 0 aliphatic carbocycles. The summed E-state index contributed by atoms with van der Waals surface area (Å²) in [6.45, 7) is 15.9. The van der Waals surface area contributed by atoms with Crippen molar-refractivity contribution >= 4 is 17.3 Å². The van der Waals surface area contributed by atoms with Crippen LogP contribution in [-0.4, -0.2) is 6.54 Å². The summed E-state index contributed by atoms with van der Waals surface area (Å²) in [5, 5.41) is 0.828. The van der Waals surface area contributed by atoms with Gasteiger partial charge in [-0.1, -0.05) is 43.6 Å². The van der Waals surface area contributed by atoms with E-state index in [0.29, 0.717) is 6.04 Å². The third kappa shape index (κ3) is 4.51. The van der Waals surface area contributed by atoms with Crippen LogP contribution >= 0.6 is 11.6 Å². The van der Waals surface area contributed by atoms with E-state index in [0.717, 1.165) is 17.1 Å². The summed E-state index contributed by atoms with van der Waals surface area (Å²) >= 11 is 6.15. The Balaban J connectivity index is 0.00000127. The lowest BCUT2D eigenvalue weighted by molar-refractivity contribution is 0.685. The van der Waals surface area contributed by atoms with Crippen LogP contribution < -0.4 is 4.90 Å². The molecule has 0 aliphatic rings. The topological polar surface area (TPSA) is 3.24 Å². The number of halogens is 1. The number of hydrogen-bond donors (Lipinski definition) is 0. The van der Waals surface area contributed by atoms with Crippen molar-refractivity contribution in [2.24, 2.45) is 0 Å². The molecular formula is C21H30ClN. The van der Waals surface area contributed by atoms with E-state index in [-0.39, 0.29) is 0 Å². The smallest absolute Gasteiger partial charge is 0.0516 e. The van der Waals surface area contributed by atoms with Gasteiger partial charge in [-0.2, -0.15) is 0 Å². The first kappa shape index (κ1) is 19.6. The zero-order chi connectivity index (χ0) is 17.6. The van der Waals surface area contributed by atoms with Crippen LogP contribution in [0, 0.1) is 20.8 Å². The van der Waals surface area contributed by atoms with Crippen LogP contribution in [0.3, 0.4) is 0 Å². The van der Waals surface area contributed by atoms with Crippen LogP contribution in [0.1, 0.15) is 56.0 Å². The highest BCUT2D eigenvalue weighted by Gasteiger charge is 2.17. The van der Waals surface area contributed by atoms with E-state index in [4.69, 9.17) is 11.6 Å². The Morgan fingerprint density at radius 1 is 1.00 bits per heavy atom. The van der Waals surface area contributed by atoms with Gasteiger partial charge in [0.15, 0.2) is 0 Å². The molecule has 23 heavy (non-hydrogen) atoms. The Bertz CT molecular complexity index is 634. The molecule has 0 N–H and O–H groups in total. The normalized spacial score (nSPS) is 11.5. The summed E-state index contributed by atoms with van der Waals surface area (Å²) in [7, 11) is 0. The molecule has 0 amide bonds. The first-order chi connectivity index (χ1) is 11.0. The lowest BCUT2D eigenvalue weighted by atomic mass is 9.97. The standard InChI is InChI=1S/C19H24ClN.C2H6/c1-6-21(17-10-11-19(20)14(3)12-17)16(5)18-9-7-8-13(2)15(18)4;1-2/h7-12,16H,6H2,1-5H3;1-2H3. The second-order valence-electron chi connectivity index (χ2n) is 5.68. The predicted molar refractivity (Wildman–Crippen MR) is 105 cm³/mol. The minimum Gasteiger partial charge on any atom is -0.365 e. The Labute approximate surface area is 147 Å².